The number of rotatable bonds is 4. The summed E-state index contributed by atoms with van der Waals surface area (Å²) in [5.41, 5.74) is 1.50. The zero-order valence-corrected chi connectivity index (χ0v) is 15.8. The van der Waals surface area contributed by atoms with Gasteiger partial charge in [-0.2, -0.15) is 5.26 Å². The minimum absolute atomic E-state index is 0.0438. The summed E-state index contributed by atoms with van der Waals surface area (Å²) < 4.78 is 5.13. The first-order chi connectivity index (χ1) is 14.2. The highest BCUT2D eigenvalue weighted by Gasteiger charge is 2.13. The smallest absolute Gasteiger partial charge is 0.266 e. The van der Waals surface area contributed by atoms with E-state index in [-0.39, 0.29) is 5.57 Å². The maximum Gasteiger partial charge on any atom is 0.266 e. The quantitative estimate of drug-likeness (QED) is 0.288. The van der Waals surface area contributed by atoms with Crippen molar-refractivity contribution in [3.63, 3.8) is 0 Å². The molecule has 0 fully saturated rings. The molecule has 0 aliphatic carbocycles. The van der Waals surface area contributed by atoms with E-state index in [1.54, 1.807) is 37.5 Å². The van der Waals surface area contributed by atoms with E-state index >= 15 is 0 Å². The Kier molecular flexibility index (Phi) is 4.96. The molecule has 4 heteroatoms. The van der Waals surface area contributed by atoms with Crippen molar-refractivity contribution in [1.29, 1.82) is 5.26 Å². The summed E-state index contributed by atoms with van der Waals surface area (Å²) in [6, 6.07) is 27.1. The lowest BCUT2D eigenvalue weighted by Crippen LogP contribution is -2.13. The third kappa shape index (κ3) is 3.67. The summed E-state index contributed by atoms with van der Waals surface area (Å²) in [6.07, 6.45) is 1.67. The second-order valence-electron chi connectivity index (χ2n) is 6.58. The average Bonchev–Trinajstić information content (AvgIpc) is 2.77. The maximum absolute atomic E-state index is 12.7. The Morgan fingerprint density at radius 1 is 0.931 bits per heavy atom. The van der Waals surface area contributed by atoms with Gasteiger partial charge in [0.25, 0.3) is 5.91 Å². The normalized spacial score (nSPS) is 11.2. The Labute approximate surface area is 168 Å². The molecule has 1 amide bonds. The van der Waals surface area contributed by atoms with Crippen LogP contribution >= 0.6 is 0 Å². The van der Waals surface area contributed by atoms with Gasteiger partial charge in [0, 0.05) is 5.69 Å². The zero-order valence-electron chi connectivity index (χ0n) is 15.8. The van der Waals surface area contributed by atoms with E-state index in [0.29, 0.717) is 11.4 Å². The van der Waals surface area contributed by atoms with E-state index in [0.717, 1.165) is 27.1 Å². The lowest BCUT2D eigenvalue weighted by atomic mass is 9.95. The molecule has 0 spiro atoms. The number of carbonyl (C=O) groups is 1. The van der Waals surface area contributed by atoms with Crippen LogP contribution in [0.4, 0.5) is 5.69 Å². The lowest BCUT2D eigenvalue weighted by molar-refractivity contribution is -0.112. The molecule has 0 atom stereocenters. The minimum Gasteiger partial charge on any atom is -0.497 e. The Morgan fingerprint density at radius 2 is 1.52 bits per heavy atom. The second-order valence-corrected chi connectivity index (χ2v) is 6.58. The molecular weight excluding hydrogens is 360 g/mol. The zero-order chi connectivity index (χ0) is 20.2. The van der Waals surface area contributed by atoms with Crippen LogP contribution < -0.4 is 10.1 Å². The second kappa shape index (κ2) is 7.87. The number of nitriles is 1. The molecule has 0 saturated heterocycles. The Bertz CT molecular complexity index is 1230. The van der Waals surface area contributed by atoms with E-state index in [1.165, 1.54) is 0 Å². The van der Waals surface area contributed by atoms with Crippen LogP contribution in [0.25, 0.3) is 27.6 Å². The molecule has 0 aromatic heterocycles. The van der Waals surface area contributed by atoms with Crippen LogP contribution in [-0.4, -0.2) is 13.0 Å². The van der Waals surface area contributed by atoms with E-state index in [2.05, 4.69) is 11.4 Å². The third-order valence-corrected chi connectivity index (χ3v) is 4.81. The van der Waals surface area contributed by atoms with E-state index in [1.807, 2.05) is 54.6 Å². The van der Waals surface area contributed by atoms with Crippen LogP contribution in [0.5, 0.6) is 5.75 Å². The van der Waals surface area contributed by atoms with Gasteiger partial charge >= 0.3 is 0 Å². The number of carbonyl (C=O) groups excluding carboxylic acids is 1. The first-order valence-corrected chi connectivity index (χ1v) is 9.17. The number of benzene rings is 4. The molecule has 0 aliphatic heterocycles. The average molecular weight is 378 g/mol. The molecule has 0 unspecified atom stereocenters. The molecule has 0 aliphatic rings. The van der Waals surface area contributed by atoms with E-state index < -0.39 is 5.91 Å². The Hall–Kier alpha value is -4.10. The number of hydrogen-bond acceptors (Lipinski definition) is 3. The highest BCUT2D eigenvalue weighted by Crippen LogP contribution is 2.30. The van der Waals surface area contributed by atoms with Crippen molar-refractivity contribution in [2.24, 2.45) is 0 Å². The molecule has 4 rings (SSSR count). The molecule has 0 radical (unpaired) electrons. The molecule has 4 nitrogen and oxygen atoms in total. The van der Waals surface area contributed by atoms with Crippen LogP contribution in [0.3, 0.4) is 0 Å². The van der Waals surface area contributed by atoms with Crippen LogP contribution in [0, 0.1) is 11.3 Å². The molecule has 0 bridgehead atoms. The lowest BCUT2D eigenvalue weighted by Gasteiger charge is -2.10. The van der Waals surface area contributed by atoms with Gasteiger partial charge in [0.1, 0.15) is 17.4 Å². The van der Waals surface area contributed by atoms with Crippen molar-refractivity contribution >= 4 is 39.2 Å². The highest BCUT2D eigenvalue weighted by atomic mass is 16.5. The van der Waals surface area contributed by atoms with Crippen LogP contribution in [0.2, 0.25) is 0 Å². The van der Waals surface area contributed by atoms with Gasteiger partial charge < -0.3 is 10.1 Å². The number of methoxy groups -OCH3 is 1. The predicted molar refractivity (Wildman–Crippen MR) is 117 cm³/mol. The fourth-order valence-electron chi connectivity index (χ4n) is 3.37. The summed E-state index contributed by atoms with van der Waals surface area (Å²) in [7, 11) is 1.58. The molecule has 1 N–H and O–H groups in total. The number of ether oxygens (including phenoxy) is 1. The van der Waals surface area contributed by atoms with E-state index in [4.69, 9.17) is 4.74 Å². The fraction of sp³-hybridized carbons (Fsp3) is 0.0400. The molecule has 4 aromatic rings. The summed E-state index contributed by atoms with van der Waals surface area (Å²) in [5.74, 6) is 0.246. The summed E-state index contributed by atoms with van der Waals surface area (Å²) in [6.45, 7) is 0. The van der Waals surface area contributed by atoms with Crippen molar-refractivity contribution in [2.45, 2.75) is 0 Å². The minimum atomic E-state index is -0.449. The van der Waals surface area contributed by atoms with Crippen molar-refractivity contribution in [3.05, 3.63) is 90.0 Å². The monoisotopic (exact) mass is 378 g/mol. The SMILES string of the molecule is COc1ccc(NC(=O)/C(C#N)=C/c2c3ccccc3cc3ccccc23)cc1. The van der Waals surface area contributed by atoms with Crippen molar-refractivity contribution in [3.8, 4) is 11.8 Å². The number of anilines is 1. The molecule has 29 heavy (non-hydrogen) atoms. The van der Waals surface area contributed by atoms with Crippen molar-refractivity contribution in [2.75, 3.05) is 12.4 Å². The maximum atomic E-state index is 12.7. The highest BCUT2D eigenvalue weighted by molar-refractivity contribution is 6.14. The van der Waals surface area contributed by atoms with E-state index in [9.17, 15) is 10.1 Å². The summed E-state index contributed by atoms with van der Waals surface area (Å²) in [5, 5.41) is 16.6. The van der Waals surface area contributed by atoms with Gasteiger partial charge in [0.2, 0.25) is 0 Å². The number of fused-ring (bicyclic) bond motifs is 2. The first-order valence-electron chi connectivity index (χ1n) is 9.17. The first kappa shape index (κ1) is 18.3. The number of amides is 1. The standard InChI is InChI=1S/C25H18N2O2/c1-29-21-12-10-20(11-13-21)27-25(28)19(16-26)15-24-22-8-4-2-6-17(22)14-18-7-3-5-9-23(18)24/h2-15H,1H3,(H,27,28)/b19-15+. The Morgan fingerprint density at radius 3 is 2.07 bits per heavy atom. The molecule has 140 valence electrons. The number of nitrogens with zero attached hydrogens (tertiary/aromatic N) is 1. The summed E-state index contributed by atoms with van der Waals surface area (Å²) >= 11 is 0. The van der Waals surface area contributed by atoms with Gasteiger partial charge in [-0.15, -0.1) is 0 Å². The molecule has 0 saturated carbocycles. The van der Waals surface area contributed by atoms with Gasteiger partial charge in [0.15, 0.2) is 0 Å². The van der Waals surface area contributed by atoms with Crippen molar-refractivity contribution < 1.29 is 9.53 Å². The van der Waals surface area contributed by atoms with Crippen LogP contribution in [-0.2, 0) is 4.79 Å². The molecule has 0 heterocycles. The van der Waals surface area contributed by atoms with Crippen molar-refractivity contribution in [1.82, 2.24) is 0 Å². The van der Waals surface area contributed by atoms with Gasteiger partial charge in [-0.3, -0.25) is 4.79 Å². The molecule has 4 aromatic carbocycles. The number of hydrogen-bond donors (Lipinski definition) is 1. The predicted octanol–water partition coefficient (Wildman–Crippen LogP) is 5.55. The van der Waals surface area contributed by atoms with Gasteiger partial charge in [-0.25, -0.2) is 0 Å². The summed E-state index contributed by atoms with van der Waals surface area (Å²) in [4.78, 5) is 12.7. The Balaban J connectivity index is 1.78. The largest absolute Gasteiger partial charge is 0.497 e. The van der Waals surface area contributed by atoms with Gasteiger partial charge in [-0.1, -0.05) is 48.5 Å². The van der Waals surface area contributed by atoms with Crippen LogP contribution in [0.15, 0.2) is 84.4 Å². The molecular formula is C25H18N2O2. The van der Waals surface area contributed by atoms with Gasteiger partial charge in [0.05, 0.1) is 7.11 Å². The number of nitrogens with one attached hydrogen (secondary N) is 1. The fourth-order valence-corrected chi connectivity index (χ4v) is 3.37. The third-order valence-electron chi connectivity index (χ3n) is 4.81. The van der Waals surface area contributed by atoms with Crippen LogP contribution in [0.1, 0.15) is 5.56 Å². The van der Waals surface area contributed by atoms with Gasteiger partial charge in [-0.05, 0) is 63.5 Å². The topological polar surface area (TPSA) is 62.1 Å².